The number of hydrogen-bond donors (Lipinski definition) is 0. The smallest absolute Gasteiger partial charge is 0.0491 e. The molecule has 1 nitrogen and oxygen atoms in total. The van der Waals surface area contributed by atoms with E-state index in [1.807, 2.05) is 0 Å². The lowest BCUT2D eigenvalue weighted by molar-refractivity contribution is 0.759. The number of fused-ring (bicyclic) bond motifs is 1. The summed E-state index contributed by atoms with van der Waals surface area (Å²) in [6.07, 6.45) is 4.58. The van der Waals surface area contributed by atoms with Gasteiger partial charge in [0.05, 0.1) is 0 Å². The van der Waals surface area contributed by atoms with Crippen molar-refractivity contribution in [2.24, 2.45) is 5.92 Å². The van der Waals surface area contributed by atoms with E-state index >= 15 is 0 Å². The molecule has 2 rings (SSSR count). The van der Waals surface area contributed by atoms with Crippen LogP contribution in [0.1, 0.15) is 27.7 Å². The topological polar surface area (TPSA) is 4.93 Å². The molecule has 0 radical (unpaired) electrons. The maximum absolute atomic E-state index is 2.41. The SMILES string of the molecule is C/C=c1\c(=C/C(C)C)n(CC)c2ccccc12. The van der Waals surface area contributed by atoms with Crippen LogP contribution in [0.5, 0.6) is 0 Å². The quantitative estimate of drug-likeness (QED) is 0.743. The van der Waals surface area contributed by atoms with Gasteiger partial charge in [0, 0.05) is 28.0 Å². The number of benzene rings is 1. The summed E-state index contributed by atoms with van der Waals surface area (Å²) in [5.74, 6) is 0.573. The Bertz CT molecular complexity index is 629. The summed E-state index contributed by atoms with van der Waals surface area (Å²) in [6, 6.07) is 8.67. The summed E-state index contributed by atoms with van der Waals surface area (Å²) >= 11 is 0. The predicted molar refractivity (Wildman–Crippen MR) is 76.3 cm³/mol. The van der Waals surface area contributed by atoms with Crippen molar-refractivity contribution in [3.05, 3.63) is 34.8 Å². The highest BCUT2D eigenvalue weighted by Gasteiger charge is 2.04. The Hall–Kier alpha value is -1.50. The first-order chi connectivity index (χ1) is 8.19. The van der Waals surface area contributed by atoms with E-state index in [-0.39, 0.29) is 0 Å². The van der Waals surface area contributed by atoms with Gasteiger partial charge >= 0.3 is 0 Å². The average Bonchev–Trinajstić information content (AvgIpc) is 2.60. The van der Waals surface area contributed by atoms with E-state index in [4.69, 9.17) is 0 Å². The minimum Gasteiger partial charge on any atom is -0.341 e. The number of rotatable bonds is 2. The van der Waals surface area contributed by atoms with Gasteiger partial charge in [0.15, 0.2) is 0 Å². The molecule has 0 aliphatic heterocycles. The van der Waals surface area contributed by atoms with Gasteiger partial charge in [-0.2, -0.15) is 0 Å². The third-order valence-electron chi connectivity index (χ3n) is 3.15. The second-order valence-corrected chi connectivity index (χ2v) is 4.76. The van der Waals surface area contributed by atoms with Gasteiger partial charge in [-0.15, -0.1) is 0 Å². The predicted octanol–water partition coefficient (Wildman–Crippen LogP) is 2.90. The van der Waals surface area contributed by atoms with Crippen LogP contribution in [0.25, 0.3) is 23.1 Å². The number of aryl methyl sites for hydroxylation is 1. The van der Waals surface area contributed by atoms with Gasteiger partial charge < -0.3 is 4.57 Å². The van der Waals surface area contributed by atoms with Crippen LogP contribution in [0.2, 0.25) is 0 Å². The van der Waals surface area contributed by atoms with Crippen molar-refractivity contribution in [2.45, 2.75) is 34.2 Å². The van der Waals surface area contributed by atoms with Crippen LogP contribution < -0.4 is 10.6 Å². The third-order valence-corrected chi connectivity index (χ3v) is 3.15. The van der Waals surface area contributed by atoms with Gasteiger partial charge in [-0.1, -0.05) is 44.2 Å². The first-order valence-corrected chi connectivity index (χ1v) is 6.44. The van der Waals surface area contributed by atoms with Crippen LogP contribution in [-0.4, -0.2) is 4.57 Å². The summed E-state index contributed by atoms with van der Waals surface area (Å²) in [5, 5.41) is 4.10. The van der Waals surface area contributed by atoms with Crippen LogP contribution in [0.3, 0.4) is 0 Å². The van der Waals surface area contributed by atoms with E-state index < -0.39 is 0 Å². The van der Waals surface area contributed by atoms with Crippen molar-refractivity contribution in [3.63, 3.8) is 0 Å². The first-order valence-electron chi connectivity index (χ1n) is 6.44. The molecule has 0 saturated carbocycles. The summed E-state index contributed by atoms with van der Waals surface area (Å²) in [5.41, 5.74) is 1.34. The zero-order valence-corrected chi connectivity index (χ0v) is 11.2. The standard InChI is InChI=1S/C16H21N/c1-5-13-14-9-7-8-10-15(14)17(6-2)16(13)11-12(3)4/h5,7-12H,6H2,1-4H3/b13-5-,16-11+. The van der Waals surface area contributed by atoms with Crippen molar-refractivity contribution in [1.82, 2.24) is 4.57 Å². The van der Waals surface area contributed by atoms with E-state index in [9.17, 15) is 0 Å². The maximum Gasteiger partial charge on any atom is 0.0491 e. The number of nitrogens with zero attached hydrogens (tertiary/aromatic N) is 1. The average molecular weight is 227 g/mol. The fourth-order valence-corrected chi connectivity index (χ4v) is 2.49. The van der Waals surface area contributed by atoms with Gasteiger partial charge in [-0.05, 0) is 25.8 Å². The molecule has 0 saturated heterocycles. The summed E-state index contributed by atoms with van der Waals surface area (Å²) in [7, 11) is 0. The third kappa shape index (κ3) is 2.02. The van der Waals surface area contributed by atoms with Gasteiger partial charge in [-0.25, -0.2) is 0 Å². The Morgan fingerprint density at radius 2 is 1.94 bits per heavy atom. The lowest BCUT2D eigenvalue weighted by Crippen LogP contribution is -2.29. The molecule has 2 aromatic rings. The summed E-state index contributed by atoms with van der Waals surface area (Å²) in [6.45, 7) is 9.82. The van der Waals surface area contributed by atoms with Gasteiger partial charge in [0.1, 0.15) is 0 Å². The Labute approximate surface area is 103 Å². The molecule has 1 heteroatoms. The molecule has 0 atom stereocenters. The van der Waals surface area contributed by atoms with Crippen LogP contribution in [0.15, 0.2) is 24.3 Å². The van der Waals surface area contributed by atoms with Crippen molar-refractivity contribution in [1.29, 1.82) is 0 Å². The molecule has 0 N–H and O–H groups in total. The van der Waals surface area contributed by atoms with Gasteiger partial charge in [0.2, 0.25) is 0 Å². The van der Waals surface area contributed by atoms with E-state index in [2.05, 4.69) is 68.7 Å². The number of aromatic nitrogens is 1. The second kappa shape index (κ2) is 4.79. The Balaban J connectivity index is 3.00. The maximum atomic E-state index is 2.41. The monoisotopic (exact) mass is 227 g/mol. The molecule has 90 valence electrons. The number of hydrogen-bond acceptors (Lipinski definition) is 0. The molecular formula is C16H21N. The minimum atomic E-state index is 0.573. The van der Waals surface area contributed by atoms with Crippen LogP contribution in [-0.2, 0) is 6.54 Å². The molecule has 0 aliphatic carbocycles. The Kier molecular flexibility index (Phi) is 3.37. The molecule has 0 spiro atoms. The van der Waals surface area contributed by atoms with Gasteiger partial charge in [0.25, 0.3) is 0 Å². The Morgan fingerprint density at radius 1 is 1.24 bits per heavy atom. The molecule has 1 aromatic heterocycles. The highest BCUT2D eigenvalue weighted by molar-refractivity contribution is 5.82. The van der Waals surface area contributed by atoms with Crippen molar-refractivity contribution in [2.75, 3.05) is 0 Å². The second-order valence-electron chi connectivity index (χ2n) is 4.76. The molecular weight excluding hydrogens is 206 g/mol. The van der Waals surface area contributed by atoms with Gasteiger partial charge in [-0.3, -0.25) is 0 Å². The van der Waals surface area contributed by atoms with Crippen LogP contribution in [0.4, 0.5) is 0 Å². The van der Waals surface area contributed by atoms with Crippen LogP contribution in [0, 0.1) is 5.92 Å². The fraction of sp³-hybridized carbons (Fsp3) is 0.375. The summed E-state index contributed by atoms with van der Waals surface area (Å²) < 4.78 is 2.41. The lowest BCUT2D eigenvalue weighted by atomic mass is 10.2. The normalized spacial score (nSPS) is 14.2. The zero-order valence-electron chi connectivity index (χ0n) is 11.2. The molecule has 1 aromatic carbocycles. The largest absolute Gasteiger partial charge is 0.341 e. The highest BCUT2D eigenvalue weighted by Crippen LogP contribution is 2.08. The zero-order chi connectivity index (χ0) is 12.4. The van der Waals surface area contributed by atoms with Crippen molar-refractivity contribution in [3.8, 4) is 0 Å². The van der Waals surface area contributed by atoms with E-state index in [1.165, 1.54) is 21.5 Å². The van der Waals surface area contributed by atoms with E-state index in [0.717, 1.165) is 6.54 Å². The molecule has 0 bridgehead atoms. The van der Waals surface area contributed by atoms with Crippen molar-refractivity contribution < 1.29 is 0 Å². The van der Waals surface area contributed by atoms with Crippen LogP contribution >= 0.6 is 0 Å². The van der Waals surface area contributed by atoms with E-state index in [0.29, 0.717) is 5.92 Å². The lowest BCUT2D eigenvalue weighted by Gasteiger charge is -2.02. The molecule has 0 amide bonds. The van der Waals surface area contributed by atoms with E-state index in [1.54, 1.807) is 0 Å². The molecule has 0 unspecified atom stereocenters. The highest BCUT2D eigenvalue weighted by atomic mass is 15.0. The minimum absolute atomic E-state index is 0.573. The first kappa shape index (κ1) is 12.0. The fourth-order valence-electron chi connectivity index (χ4n) is 2.49. The van der Waals surface area contributed by atoms with Crippen molar-refractivity contribution >= 4 is 23.1 Å². The molecule has 0 aliphatic rings. The summed E-state index contributed by atoms with van der Waals surface area (Å²) in [4.78, 5) is 0. The number of para-hydroxylation sites is 1. The molecule has 17 heavy (non-hydrogen) atoms. The Morgan fingerprint density at radius 3 is 2.53 bits per heavy atom. The molecule has 1 heterocycles. The molecule has 0 fully saturated rings.